The number of hydrogen-bond donors (Lipinski definition) is 1. The Morgan fingerprint density at radius 3 is 2.43 bits per heavy atom. The van der Waals surface area contributed by atoms with E-state index in [-0.39, 0.29) is 22.8 Å². The minimum atomic E-state index is -3.49. The summed E-state index contributed by atoms with van der Waals surface area (Å²) in [5.41, 5.74) is 1.13. The number of nitrogens with one attached hydrogen (secondary N) is 1. The molecule has 1 N–H and O–H groups in total. The maximum atomic E-state index is 13.8. The minimum Gasteiger partial charge on any atom is -0.347 e. The minimum absolute atomic E-state index is 0.148. The maximum Gasteiger partial charge on any atom is 0.272 e. The first-order chi connectivity index (χ1) is 13.3. The summed E-state index contributed by atoms with van der Waals surface area (Å²) in [6, 6.07) is 13.9. The van der Waals surface area contributed by atoms with Crippen LogP contribution in [0.4, 0.5) is 4.39 Å². The summed E-state index contributed by atoms with van der Waals surface area (Å²) in [4.78, 5) is 12.5. The molecule has 0 aliphatic carbocycles. The number of benzene rings is 2. The van der Waals surface area contributed by atoms with Gasteiger partial charge in [0.2, 0.25) is 10.0 Å². The monoisotopic (exact) mass is 402 g/mol. The van der Waals surface area contributed by atoms with Crippen molar-refractivity contribution in [1.29, 1.82) is 0 Å². The number of nitrogens with zero attached hydrogens (tertiary/aromatic N) is 3. The number of halogens is 1. The lowest BCUT2D eigenvalue weighted by Gasteiger charge is -2.11. The van der Waals surface area contributed by atoms with Gasteiger partial charge in [0.15, 0.2) is 5.69 Å². The molecule has 0 spiro atoms. The number of carbonyl (C=O) groups excluding carboxylic acids is 1. The van der Waals surface area contributed by atoms with Gasteiger partial charge in [-0.15, -0.1) is 0 Å². The van der Waals surface area contributed by atoms with Gasteiger partial charge in [0, 0.05) is 26.8 Å². The fourth-order valence-electron chi connectivity index (χ4n) is 2.48. The highest BCUT2D eigenvalue weighted by atomic mass is 32.2. The van der Waals surface area contributed by atoms with E-state index in [1.807, 2.05) is 0 Å². The summed E-state index contributed by atoms with van der Waals surface area (Å²) in [5.74, 6) is -0.856. The smallest absolute Gasteiger partial charge is 0.272 e. The number of hydrogen-bond acceptors (Lipinski definition) is 4. The number of carbonyl (C=O) groups is 1. The van der Waals surface area contributed by atoms with Crippen molar-refractivity contribution >= 4 is 15.9 Å². The molecule has 28 heavy (non-hydrogen) atoms. The van der Waals surface area contributed by atoms with Gasteiger partial charge in [0.1, 0.15) is 11.5 Å². The molecule has 9 heteroatoms. The summed E-state index contributed by atoms with van der Waals surface area (Å²) < 4.78 is 40.4. The summed E-state index contributed by atoms with van der Waals surface area (Å²) >= 11 is 0. The fraction of sp³-hybridized carbons (Fsp3) is 0.158. The molecule has 3 aromatic rings. The van der Waals surface area contributed by atoms with Crippen LogP contribution in [0.25, 0.3) is 5.69 Å². The molecule has 0 saturated heterocycles. The number of para-hydroxylation sites is 1. The first-order valence-corrected chi connectivity index (χ1v) is 9.83. The van der Waals surface area contributed by atoms with E-state index >= 15 is 0 Å². The Kier molecular flexibility index (Phi) is 5.57. The molecule has 0 atom stereocenters. The Bertz CT molecular complexity index is 1090. The van der Waals surface area contributed by atoms with Crippen LogP contribution < -0.4 is 5.32 Å². The second-order valence-electron chi connectivity index (χ2n) is 6.21. The molecule has 0 aliphatic rings. The van der Waals surface area contributed by atoms with Crippen LogP contribution in [0, 0.1) is 5.82 Å². The van der Waals surface area contributed by atoms with Crippen LogP contribution in [-0.2, 0) is 16.6 Å². The molecule has 0 saturated carbocycles. The zero-order valence-corrected chi connectivity index (χ0v) is 16.1. The lowest BCUT2D eigenvalue weighted by Crippen LogP contribution is -2.24. The second-order valence-corrected chi connectivity index (χ2v) is 8.36. The molecule has 0 unspecified atom stereocenters. The molecule has 0 radical (unpaired) electrons. The van der Waals surface area contributed by atoms with E-state index in [1.165, 1.54) is 49.2 Å². The Hall–Kier alpha value is -3.04. The Morgan fingerprint density at radius 2 is 1.79 bits per heavy atom. The van der Waals surface area contributed by atoms with Crippen LogP contribution in [0.1, 0.15) is 16.1 Å². The van der Waals surface area contributed by atoms with Gasteiger partial charge < -0.3 is 5.32 Å². The summed E-state index contributed by atoms with van der Waals surface area (Å²) in [7, 11) is -0.568. The lowest BCUT2D eigenvalue weighted by atomic mass is 10.2. The van der Waals surface area contributed by atoms with Crippen molar-refractivity contribution in [2.75, 3.05) is 14.1 Å². The Balaban J connectivity index is 1.66. The molecular weight excluding hydrogens is 383 g/mol. The summed E-state index contributed by atoms with van der Waals surface area (Å²) in [6.07, 6.45) is 1.51. The van der Waals surface area contributed by atoms with E-state index < -0.39 is 21.7 Å². The van der Waals surface area contributed by atoms with Crippen LogP contribution in [0.5, 0.6) is 0 Å². The maximum absolute atomic E-state index is 13.8. The molecule has 146 valence electrons. The van der Waals surface area contributed by atoms with Gasteiger partial charge in [-0.1, -0.05) is 24.3 Å². The topological polar surface area (TPSA) is 84.3 Å². The zero-order chi connectivity index (χ0) is 20.3. The third-order valence-corrected chi connectivity index (χ3v) is 5.91. The highest BCUT2D eigenvalue weighted by molar-refractivity contribution is 7.89. The van der Waals surface area contributed by atoms with E-state index in [2.05, 4.69) is 10.4 Å². The quantitative estimate of drug-likeness (QED) is 0.685. The van der Waals surface area contributed by atoms with Crippen LogP contribution in [0.3, 0.4) is 0 Å². The van der Waals surface area contributed by atoms with Crippen molar-refractivity contribution in [3.05, 3.63) is 77.9 Å². The normalized spacial score (nSPS) is 11.6. The number of amides is 1. The van der Waals surface area contributed by atoms with E-state index in [1.54, 1.807) is 30.3 Å². The summed E-state index contributed by atoms with van der Waals surface area (Å²) in [6.45, 7) is 0.202. The number of rotatable bonds is 6. The highest BCUT2D eigenvalue weighted by Crippen LogP contribution is 2.14. The SMILES string of the molecule is CN(C)S(=O)(=O)c1ccc(CNC(=O)c2ccn(-c3ccccc3F)n2)cc1. The van der Waals surface area contributed by atoms with E-state index in [0.717, 1.165) is 9.87 Å². The predicted octanol–water partition coefficient (Wildman–Crippen LogP) is 2.19. The first kappa shape index (κ1) is 19.7. The van der Waals surface area contributed by atoms with Gasteiger partial charge >= 0.3 is 0 Å². The van der Waals surface area contributed by atoms with Gasteiger partial charge in [0.25, 0.3) is 5.91 Å². The van der Waals surface area contributed by atoms with Crippen LogP contribution in [0.15, 0.2) is 65.7 Å². The van der Waals surface area contributed by atoms with Crippen molar-refractivity contribution < 1.29 is 17.6 Å². The molecule has 1 aromatic heterocycles. The van der Waals surface area contributed by atoms with Crippen molar-refractivity contribution in [3.8, 4) is 5.69 Å². The van der Waals surface area contributed by atoms with Crippen molar-refractivity contribution in [3.63, 3.8) is 0 Å². The molecular formula is C19H19FN4O3S. The largest absolute Gasteiger partial charge is 0.347 e. The first-order valence-electron chi connectivity index (χ1n) is 8.39. The van der Waals surface area contributed by atoms with Crippen molar-refractivity contribution in [1.82, 2.24) is 19.4 Å². The average Bonchev–Trinajstić information content (AvgIpc) is 3.16. The van der Waals surface area contributed by atoms with Gasteiger partial charge in [-0.2, -0.15) is 5.10 Å². The van der Waals surface area contributed by atoms with Gasteiger partial charge in [-0.25, -0.2) is 21.8 Å². The molecule has 2 aromatic carbocycles. The lowest BCUT2D eigenvalue weighted by molar-refractivity contribution is 0.0945. The third-order valence-electron chi connectivity index (χ3n) is 4.08. The second kappa shape index (κ2) is 7.91. The third kappa shape index (κ3) is 4.10. The zero-order valence-electron chi connectivity index (χ0n) is 15.3. The molecule has 7 nitrogen and oxygen atoms in total. The Morgan fingerprint density at radius 1 is 1.11 bits per heavy atom. The highest BCUT2D eigenvalue weighted by Gasteiger charge is 2.17. The Labute approximate surface area is 162 Å². The molecule has 1 amide bonds. The van der Waals surface area contributed by atoms with Crippen molar-refractivity contribution in [2.45, 2.75) is 11.4 Å². The molecule has 0 aliphatic heterocycles. The van der Waals surface area contributed by atoms with Gasteiger partial charge in [-0.05, 0) is 35.9 Å². The average molecular weight is 402 g/mol. The van der Waals surface area contributed by atoms with Crippen LogP contribution in [-0.4, -0.2) is 42.5 Å². The van der Waals surface area contributed by atoms with Gasteiger partial charge in [-0.3, -0.25) is 4.79 Å². The van der Waals surface area contributed by atoms with Crippen LogP contribution >= 0.6 is 0 Å². The van der Waals surface area contributed by atoms with E-state index in [0.29, 0.717) is 0 Å². The summed E-state index contributed by atoms with van der Waals surface area (Å²) in [5, 5.41) is 6.81. The molecule has 0 fully saturated rings. The van der Waals surface area contributed by atoms with Gasteiger partial charge in [0.05, 0.1) is 4.90 Å². The van der Waals surface area contributed by atoms with E-state index in [4.69, 9.17) is 0 Å². The van der Waals surface area contributed by atoms with Crippen LogP contribution in [0.2, 0.25) is 0 Å². The standard InChI is InChI=1S/C19H19FN4O3S/c1-23(2)28(26,27)15-9-7-14(8-10-15)13-21-19(25)17-11-12-24(22-17)18-6-4-3-5-16(18)20/h3-12H,13H2,1-2H3,(H,21,25). The van der Waals surface area contributed by atoms with Crippen molar-refractivity contribution in [2.24, 2.45) is 0 Å². The predicted molar refractivity (Wildman–Crippen MR) is 102 cm³/mol. The molecule has 0 bridgehead atoms. The number of sulfonamides is 1. The fourth-order valence-corrected chi connectivity index (χ4v) is 3.38. The molecule has 1 heterocycles. The molecule has 3 rings (SSSR count). The van der Waals surface area contributed by atoms with E-state index in [9.17, 15) is 17.6 Å². The number of aromatic nitrogens is 2.